The van der Waals surface area contributed by atoms with E-state index in [-0.39, 0.29) is 11.8 Å². The summed E-state index contributed by atoms with van der Waals surface area (Å²) < 4.78 is 0. The molecule has 3 rings (SSSR count). The zero-order chi connectivity index (χ0) is 16.2. The Morgan fingerprint density at radius 2 is 2.09 bits per heavy atom. The first-order chi connectivity index (χ1) is 11.1. The van der Waals surface area contributed by atoms with Crippen LogP contribution in [0.25, 0.3) is 0 Å². The highest BCUT2D eigenvalue weighted by molar-refractivity contribution is 5.92. The first kappa shape index (κ1) is 15.4. The van der Waals surface area contributed by atoms with Crippen LogP contribution in [0.2, 0.25) is 0 Å². The molecule has 3 heterocycles. The van der Waals surface area contributed by atoms with Crippen molar-refractivity contribution in [3.8, 4) is 0 Å². The summed E-state index contributed by atoms with van der Waals surface area (Å²) in [5.41, 5.74) is 1.97. The molecule has 1 aliphatic rings. The third-order valence-corrected chi connectivity index (χ3v) is 4.06. The molecule has 0 aromatic carbocycles. The number of nitrogens with one attached hydrogen (secondary N) is 1. The van der Waals surface area contributed by atoms with Crippen molar-refractivity contribution in [2.24, 2.45) is 5.92 Å². The van der Waals surface area contributed by atoms with Crippen LogP contribution in [0.4, 0.5) is 11.6 Å². The Bertz CT molecular complexity index is 668. The lowest BCUT2D eigenvalue weighted by molar-refractivity contribution is -0.120. The predicted octanol–water partition coefficient (Wildman–Crippen LogP) is 2.34. The molecular formula is C17H21N5O. The minimum absolute atomic E-state index is 0.0196. The molecule has 23 heavy (non-hydrogen) atoms. The van der Waals surface area contributed by atoms with Gasteiger partial charge in [-0.05, 0) is 50.5 Å². The summed E-state index contributed by atoms with van der Waals surface area (Å²) in [4.78, 5) is 18.8. The van der Waals surface area contributed by atoms with Gasteiger partial charge in [0.05, 0.1) is 11.6 Å². The lowest BCUT2D eigenvalue weighted by atomic mass is 9.97. The second-order valence-electron chi connectivity index (χ2n) is 6.03. The van der Waals surface area contributed by atoms with Crippen molar-refractivity contribution in [1.82, 2.24) is 15.2 Å². The first-order valence-electron chi connectivity index (χ1n) is 7.90. The van der Waals surface area contributed by atoms with E-state index in [0.29, 0.717) is 12.4 Å². The number of aryl methyl sites for hydroxylation is 2. The van der Waals surface area contributed by atoms with Crippen LogP contribution in [-0.4, -0.2) is 34.2 Å². The van der Waals surface area contributed by atoms with Crippen LogP contribution in [0.5, 0.6) is 0 Å². The van der Waals surface area contributed by atoms with Crippen LogP contribution in [0.1, 0.15) is 24.1 Å². The summed E-state index contributed by atoms with van der Waals surface area (Å²) in [6.07, 6.45) is 3.60. The third kappa shape index (κ3) is 3.83. The molecule has 1 atom stereocenters. The summed E-state index contributed by atoms with van der Waals surface area (Å²) >= 11 is 0. The van der Waals surface area contributed by atoms with E-state index in [2.05, 4.69) is 25.4 Å². The topological polar surface area (TPSA) is 71.0 Å². The number of piperidine rings is 1. The Morgan fingerprint density at radius 3 is 2.78 bits per heavy atom. The fraction of sp³-hybridized carbons (Fsp3) is 0.412. The van der Waals surface area contributed by atoms with Crippen LogP contribution < -0.4 is 10.2 Å². The standard InChI is InChI=1S/C17H21N5O/c1-12-5-7-15(18-10-12)19-17(23)14-4-3-9-22(11-14)16-8-6-13(2)20-21-16/h5-8,10,14H,3-4,9,11H2,1-2H3,(H,18,19,23). The Balaban J connectivity index is 1.64. The number of carbonyl (C=O) groups excluding carboxylic acids is 1. The SMILES string of the molecule is Cc1ccc(NC(=O)C2CCCN(c3ccc(C)nn3)C2)nc1. The normalized spacial score (nSPS) is 17.8. The second kappa shape index (κ2) is 6.73. The second-order valence-corrected chi connectivity index (χ2v) is 6.03. The molecule has 1 unspecified atom stereocenters. The van der Waals surface area contributed by atoms with Crippen LogP contribution in [-0.2, 0) is 4.79 Å². The lowest BCUT2D eigenvalue weighted by Gasteiger charge is -2.32. The number of pyridine rings is 1. The maximum absolute atomic E-state index is 12.5. The maximum Gasteiger partial charge on any atom is 0.230 e. The van der Waals surface area contributed by atoms with Gasteiger partial charge < -0.3 is 10.2 Å². The van der Waals surface area contributed by atoms with Crippen LogP contribution in [0.3, 0.4) is 0 Å². The van der Waals surface area contributed by atoms with Gasteiger partial charge in [-0.25, -0.2) is 4.98 Å². The zero-order valence-corrected chi connectivity index (χ0v) is 13.5. The van der Waals surface area contributed by atoms with E-state index in [1.165, 1.54) is 0 Å². The van der Waals surface area contributed by atoms with E-state index in [1.807, 2.05) is 38.1 Å². The molecule has 6 heteroatoms. The number of carbonyl (C=O) groups is 1. The van der Waals surface area contributed by atoms with Crippen molar-refractivity contribution in [3.05, 3.63) is 41.7 Å². The van der Waals surface area contributed by atoms with E-state index in [1.54, 1.807) is 6.20 Å². The number of aromatic nitrogens is 3. The van der Waals surface area contributed by atoms with Gasteiger partial charge in [0.15, 0.2) is 5.82 Å². The summed E-state index contributed by atoms with van der Waals surface area (Å²) in [6, 6.07) is 7.68. The smallest absolute Gasteiger partial charge is 0.230 e. The first-order valence-corrected chi connectivity index (χ1v) is 7.90. The molecule has 1 fully saturated rings. The molecule has 120 valence electrons. The molecule has 1 saturated heterocycles. The number of anilines is 2. The number of amides is 1. The average Bonchev–Trinajstić information content (AvgIpc) is 2.58. The molecule has 1 N–H and O–H groups in total. The Labute approximate surface area is 136 Å². The number of hydrogen-bond acceptors (Lipinski definition) is 5. The van der Waals surface area contributed by atoms with Gasteiger partial charge in [-0.3, -0.25) is 4.79 Å². The molecular weight excluding hydrogens is 290 g/mol. The van der Waals surface area contributed by atoms with Crippen molar-refractivity contribution in [2.45, 2.75) is 26.7 Å². The van der Waals surface area contributed by atoms with Gasteiger partial charge in [-0.15, -0.1) is 5.10 Å². The number of rotatable bonds is 3. The minimum Gasteiger partial charge on any atom is -0.354 e. The summed E-state index contributed by atoms with van der Waals surface area (Å²) in [5.74, 6) is 1.40. The highest BCUT2D eigenvalue weighted by Gasteiger charge is 2.26. The van der Waals surface area contributed by atoms with Gasteiger partial charge in [0.25, 0.3) is 0 Å². The minimum atomic E-state index is -0.0602. The predicted molar refractivity (Wildman–Crippen MR) is 89.3 cm³/mol. The molecule has 0 saturated carbocycles. The van der Waals surface area contributed by atoms with E-state index < -0.39 is 0 Å². The molecule has 0 spiro atoms. The molecule has 2 aromatic heterocycles. The summed E-state index contributed by atoms with van der Waals surface area (Å²) in [5, 5.41) is 11.2. The van der Waals surface area contributed by atoms with E-state index in [0.717, 1.165) is 36.5 Å². The Kier molecular flexibility index (Phi) is 4.50. The van der Waals surface area contributed by atoms with E-state index >= 15 is 0 Å². The van der Waals surface area contributed by atoms with Crippen molar-refractivity contribution in [1.29, 1.82) is 0 Å². The van der Waals surface area contributed by atoms with Gasteiger partial charge in [-0.1, -0.05) is 6.07 Å². The van der Waals surface area contributed by atoms with Gasteiger partial charge >= 0.3 is 0 Å². The van der Waals surface area contributed by atoms with E-state index in [9.17, 15) is 4.79 Å². The quantitative estimate of drug-likeness (QED) is 0.942. The van der Waals surface area contributed by atoms with Crippen molar-refractivity contribution < 1.29 is 4.79 Å². The van der Waals surface area contributed by atoms with Crippen molar-refractivity contribution in [3.63, 3.8) is 0 Å². The number of hydrogen-bond donors (Lipinski definition) is 1. The third-order valence-electron chi connectivity index (χ3n) is 4.06. The van der Waals surface area contributed by atoms with Crippen LogP contribution in [0.15, 0.2) is 30.5 Å². The van der Waals surface area contributed by atoms with E-state index in [4.69, 9.17) is 0 Å². The van der Waals surface area contributed by atoms with Crippen LogP contribution in [0, 0.1) is 19.8 Å². The molecule has 1 amide bonds. The number of nitrogens with zero attached hydrogens (tertiary/aromatic N) is 4. The van der Waals surface area contributed by atoms with Crippen molar-refractivity contribution in [2.75, 3.05) is 23.3 Å². The molecule has 0 radical (unpaired) electrons. The summed E-state index contributed by atoms with van der Waals surface area (Å²) in [7, 11) is 0. The summed E-state index contributed by atoms with van der Waals surface area (Å²) in [6.45, 7) is 5.46. The molecule has 1 aliphatic heterocycles. The fourth-order valence-electron chi connectivity index (χ4n) is 2.73. The van der Waals surface area contributed by atoms with Gasteiger partial charge in [0, 0.05) is 19.3 Å². The molecule has 0 aliphatic carbocycles. The molecule has 2 aromatic rings. The Hall–Kier alpha value is -2.50. The van der Waals surface area contributed by atoms with Gasteiger partial charge in [0.1, 0.15) is 5.82 Å². The van der Waals surface area contributed by atoms with Crippen molar-refractivity contribution >= 4 is 17.5 Å². The largest absolute Gasteiger partial charge is 0.354 e. The lowest BCUT2D eigenvalue weighted by Crippen LogP contribution is -2.41. The average molecular weight is 311 g/mol. The van der Waals surface area contributed by atoms with Crippen LogP contribution >= 0.6 is 0 Å². The maximum atomic E-state index is 12.5. The highest BCUT2D eigenvalue weighted by atomic mass is 16.2. The highest BCUT2D eigenvalue weighted by Crippen LogP contribution is 2.22. The zero-order valence-electron chi connectivity index (χ0n) is 13.5. The monoisotopic (exact) mass is 311 g/mol. The Morgan fingerprint density at radius 1 is 1.22 bits per heavy atom. The fourth-order valence-corrected chi connectivity index (χ4v) is 2.73. The molecule has 0 bridgehead atoms. The van der Waals surface area contributed by atoms with Gasteiger partial charge in [0.2, 0.25) is 5.91 Å². The molecule has 6 nitrogen and oxygen atoms in total. The van der Waals surface area contributed by atoms with Gasteiger partial charge in [-0.2, -0.15) is 5.10 Å².